The highest BCUT2D eigenvalue weighted by Gasteiger charge is 2.45. The van der Waals surface area contributed by atoms with Gasteiger partial charge in [-0.05, 0) is 18.2 Å². The molecule has 0 fully saturated rings. The molecule has 1 unspecified atom stereocenters. The summed E-state index contributed by atoms with van der Waals surface area (Å²) in [4.78, 5) is 26.2. The van der Waals surface area contributed by atoms with Crippen molar-refractivity contribution in [3.05, 3.63) is 61.8 Å². The van der Waals surface area contributed by atoms with Crippen molar-refractivity contribution in [2.24, 2.45) is 0 Å². The summed E-state index contributed by atoms with van der Waals surface area (Å²) in [6, 6.07) is 3.82. The maximum atomic E-state index is 13.1. The number of aromatic amines is 1. The first kappa shape index (κ1) is 16.7. The number of alkyl halides is 3. The van der Waals surface area contributed by atoms with Crippen molar-refractivity contribution in [2.75, 3.05) is 4.42 Å². The van der Waals surface area contributed by atoms with Crippen LogP contribution in [0.5, 0.6) is 0 Å². The van der Waals surface area contributed by atoms with E-state index in [1.807, 2.05) is 4.98 Å². The molecule has 5 nitrogen and oxygen atoms in total. The molecule has 0 aliphatic carbocycles. The minimum absolute atomic E-state index is 0.0959. The number of hydrogen-bond donors (Lipinski definition) is 1. The molecule has 1 aromatic carbocycles. The van der Waals surface area contributed by atoms with Gasteiger partial charge in [-0.3, -0.25) is 14.2 Å². The summed E-state index contributed by atoms with van der Waals surface area (Å²) in [5.41, 5.74) is -1.88. The summed E-state index contributed by atoms with van der Waals surface area (Å²) >= 11 is 11.9. The molecule has 2 heterocycles. The third-order valence-corrected chi connectivity index (χ3v) is 4.13. The van der Waals surface area contributed by atoms with Crippen LogP contribution in [-0.4, -0.2) is 21.8 Å². The molecule has 1 aromatic heterocycles. The lowest BCUT2D eigenvalue weighted by Gasteiger charge is -2.32. The molecule has 0 bridgehead atoms. The fourth-order valence-corrected chi connectivity index (χ4v) is 2.95. The lowest BCUT2D eigenvalue weighted by atomic mass is 10.1. The molecule has 0 saturated heterocycles. The second-order valence-electron chi connectivity index (χ2n) is 4.94. The molecular weight excluding hydrogens is 370 g/mol. The van der Waals surface area contributed by atoms with Crippen LogP contribution in [0.3, 0.4) is 0 Å². The molecule has 1 N–H and O–H groups in total. The predicted molar refractivity (Wildman–Crippen MR) is 84.9 cm³/mol. The lowest BCUT2D eigenvalue weighted by Crippen LogP contribution is -2.45. The van der Waals surface area contributed by atoms with Crippen molar-refractivity contribution in [3.8, 4) is 5.69 Å². The molecule has 2 aromatic rings. The van der Waals surface area contributed by atoms with Crippen LogP contribution in [0, 0.1) is 0 Å². The number of nitrogens with one attached hydrogen (secondary N) is 1. The number of nitrogens with zero attached hydrogens (tertiary/aromatic N) is 2. The maximum Gasteiger partial charge on any atom is 0.413 e. The van der Waals surface area contributed by atoms with E-state index in [0.717, 1.165) is 16.7 Å². The van der Waals surface area contributed by atoms with E-state index >= 15 is 0 Å². The molecule has 0 radical (unpaired) electrons. The van der Waals surface area contributed by atoms with Gasteiger partial charge in [-0.1, -0.05) is 29.8 Å². The molecule has 3 rings (SSSR count). The van der Waals surface area contributed by atoms with Gasteiger partial charge in [0.25, 0.3) is 5.56 Å². The third kappa shape index (κ3) is 2.61. The van der Waals surface area contributed by atoms with Gasteiger partial charge in [-0.2, -0.15) is 13.2 Å². The second-order valence-corrected chi connectivity index (χ2v) is 5.71. The van der Waals surface area contributed by atoms with E-state index in [-0.39, 0.29) is 16.3 Å². The summed E-state index contributed by atoms with van der Waals surface area (Å²) in [5.74, 6) is -0.400. The Morgan fingerprint density at radius 1 is 1.17 bits per heavy atom. The Morgan fingerprint density at radius 3 is 2.46 bits per heavy atom. The Balaban J connectivity index is 2.36. The largest absolute Gasteiger partial charge is 0.413 e. The highest BCUT2D eigenvalue weighted by Crippen LogP contribution is 2.37. The Kier molecular flexibility index (Phi) is 3.97. The number of benzene rings is 1. The van der Waals surface area contributed by atoms with Gasteiger partial charge in [-0.15, -0.1) is 0 Å². The lowest BCUT2D eigenvalue weighted by molar-refractivity contribution is -0.135. The van der Waals surface area contributed by atoms with Crippen LogP contribution in [0.15, 0.2) is 39.9 Å². The van der Waals surface area contributed by atoms with Gasteiger partial charge in [-0.25, -0.2) is 9.36 Å². The van der Waals surface area contributed by atoms with E-state index in [0.29, 0.717) is 4.42 Å². The van der Waals surface area contributed by atoms with E-state index in [4.69, 9.17) is 23.4 Å². The van der Waals surface area contributed by atoms with Crippen LogP contribution in [0.2, 0.25) is 5.02 Å². The van der Waals surface area contributed by atoms with Crippen molar-refractivity contribution in [2.45, 2.75) is 12.2 Å². The summed E-state index contributed by atoms with van der Waals surface area (Å²) in [6.45, 7) is 0. The molecule has 0 saturated carbocycles. The molecule has 126 valence electrons. The third-order valence-electron chi connectivity index (χ3n) is 3.44. The van der Waals surface area contributed by atoms with Crippen LogP contribution in [-0.2, 0) is 0 Å². The topological polar surface area (TPSA) is 58.1 Å². The first-order valence-electron chi connectivity index (χ1n) is 6.56. The van der Waals surface area contributed by atoms with Crippen LogP contribution in [0.1, 0.15) is 5.56 Å². The van der Waals surface area contributed by atoms with Gasteiger partial charge in [0.2, 0.25) is 0 Å². The monoisotopic (exact) mass is 377 g/mol. The van der Waals surface area contributed by atoms with Gasteiger partial charge in [0.1, 0.15) is 5.82 Å². The normalized spacial score (nSPS) is 17.0. The van der Waals surface area contributed by atoms with Crippen molar-refractivity contribution in [1.82, 2.24) is 9.55 Å². The predicted octanol–water partition coefficient (Wildman–Crippen LogP) is 3.10. The van der Waals surface area contributed by atoms with Crippen molar-refractivity contribution >= 4 is 35.3 Å². The number of H-pyrrole nitrogens is 1. The second kappa shape index (κ2) is 5.71. The van der Waals surface area contributed by atoms with Gasteiger partial charge in [0, 0.05) is 11.8 Å². The number of rotatable bonds is 1. The summed E-state index contributed by atoms with van der Waals surface area (Å²) in [5, 5.41) is 0.108. The zero-order chi connectivity index (χ0) is 17.6. The molecular formula is C14H8Cl2F3N3O2. The van der Waals surface area contributed by atoms with Crippen molar-refractivity contribution in [1.29, 1.82) is 0 Å². The Labute approximate surface area is 142 Å². The highest BCUT2D eigenvalue weighted by atomic mass is 35.5. The molecule has 0 spiro atoms. The number of halogens is 5. The summed E-state index contributed by atoms with van der Waals surface area (Å²) in [7, 11) is 0. The van der Waals surface area contributed by atoms with E-state index in [9.17, 15) is 22.8 Å². The zero-order valence-electron chi connectivity index (χ0n) is 11.6. The standard InChI is InChI=1S/C14H8Cl2F3N3O2/c15-8-3-1-2-4-9(8)21-12-7(11(23)20-13(21)24)5-6-10(22(12)16)14(17,18)19/h1-6,10H,(H,20,23,24). The average molecular weight is 378 g/mol. The quantitative estimate of drug-likeness (QED) is 0.776. The number of para-hydroxylation sites is 1. The van der Waals surface area contributed by atoms with Crippen LogP contribution < -0.4 is 15.7 Å². The highest BCUT2D eigenvalue weighted by molar-refractivity contribution is 6.32. The SMILES string of the molecule is O=c1[nH]c(=O)n(-c2ccccc2Cl)c2c1C=CC(C(F)(F)F)N2Cl. The molecule has 24 heavy (non-hydrogen) atoms. The van der Waals surface area contributed by atoms with E-state index < -0.39 is 29.3 Å². The van der Waals surface area contributed by atoms with Gasteiger partial charge < -0.3 is 0 Å². The number of anilines is 1. The van der Waals surface area contributed by atoms with Gasteiger partial charge in [0.05, 0.1) is 16.3 Å². The Hall–Kier alpha value is -2.19. The van der Waals surface area contributed by atoms with Crippen molar-refractivity contribution in [3.63, 3.8) is 0 Å². The summed E-state index contributed by atoms with van der Waals surface area (Å²) in [6.07, 6.45) is -2.97. The fourth-order valence-electron chi connectivity index (χ4n) is 2.39. The first-order valence-corrected chi connectivity index (χ1v) is 7.27. The molecule has 10 heteroatoms. The van der Waals surface area contributed by atoms with Crippen LogP contribution in [0.4, 0.5) is 19.0 Å². The number of hydrogen-bond acceptors (Lipinski definition) is 3. The van der Waals surface area contributed by atoms with Gasteiger partial charge in [0.15, 0.2) is 6.04 Å². The number of fused-ring (bicyclic) bond motifs is 1. The zero-order valence-corrected chi connectivity index (χ0v) is 13.2. The van der Waals surface area contributed by atoms with Crippen molar-refractivity contribution < 1.29 is 13.2 Å². The fraction of sp³-hybridized carbons (Fsp3) is 0.143. The van der Waals surface area contributed by atoms with E-state index in [1.54, 1.807) is 12.1 Å². The minimum atomic E-state index is -4.69. The Morgan fingerprint density at radius 2 is 1.83 bits per heavy atom. The maximum absolute atomic E-state index is 13.1. The van der Waals surface area contributed by atoms with Gasteiger partial charge >= 0.3 is 11.9 Å². The van der Waals surface area contributed by atoms with Crippen LogP contribution >= 0.6 is 23.4 Å². The Bertz CT molecular complexity index is 950. The molecule has 1 aliphatic heterocycles. The average Bonchev–Trinajstić information content (AvgIpc) is 2.48. The van der Waals surface area contributed by atoms with Crippen LogP contribution in [0.25, 0.3) is 11.8 Å². The molecule has 1 atom stereocenters. The summed E-state index contributed by atoms with van der Waals surface area (Å²) < 4.78 is 40.5. The molecule has 0 amide bonds. The molecule has 1 aliphatic rings. The first-order chi connectivity index (χ1) is 11.2. The number of aromatic nitrogens is 2. The van der Waals surface area contributed by atoms with E-state index in [1.165, 1.54) is 12.1 Å². The minimum Gasteiger partial charge on any atom is -0.273 e. The smallest absolute Gasteiger partial charge is 0.273 e. The van der Waals surface area contributed by atoms with E-state index in [2.05, 4.69) is 0 Å².